The first-order valence-electron chi connectivity index (χ1n) is 5.34. The number of aliphatic hydroxyl groups is 2. The van der Waals surface area contributed by atoms with Crippen LogP contribution in [0.25, 0.3) is 0 Å². The minimum Gasteiger partial charge on any atom is -0.490 e. The van der Waals surface area contributed by atoms with Crippen molar-refractivity contribution in [2.24, 2.45) is 0 Å². The van der Waals surface area contributed by atoms with E-state index < -0.39 is 6.10 Å². The first kappa shape index (κ1) is 12.8. The highest BCUT2D eigenvalue weighted by Gasteiger charge is 2.07. The third-order valence-electron chi connectivity index (χ3n) is 1.97. The van der Waals surface area contributed by atoms with Crippen molar-refractivity contribution in [3.63, 3.8) is 0 Å². The minimum absolute atomic E-state index is 0.0310. The Morgan fingerprint density at radius 3 is 2.56 bits per heavy atom. The molecule has 0 bridgehead atoms. The number of hydrogen-bond acceptors (Lipinski definition) is 4. The van der Waals surface area contributed by atoms with Crippen LogP contribution in [0.15, 0.2) is 18.2 Å². The second kappa shape index (κ2) is 6.35. The van der Waals surface area contributed by atoms with Gasteiger partial charge in [-0.25, -0.2) is 0 Å². The van der Waals surface area contributed by atoms with Crippen LogP contribution < -0.4 is 9.47 Å². The number of benzene rings is 1. The quantitative estimate of drug-likeness (QED) is 0.768. The molecular weight excluding hydrogens is 208 g/mol. The van der Waals surface area contributed by atoms with Gasteiger partial charge in [-0.05, 0) is 31.5 Å². The summed E-state index contributed by atoms with van der Waals surface area (Å²) in [5.74, 6) is 1.18. The summed E-state index contributed by atoms with van der Waals surface area (Å²) in [6, 6.07) is 5.24. The predicted octanol–water partition coefficient (Wildman–Crippen LogP) is 1.34. The predicted molar refractivity (Wildman–Crippen MR) is 60.7 cm³/mol. The van der Waals surface area contributed by atoms with Gasteiger partial charge in [0.05, 0.1) is 19.3 Å². The molecule has 1 rings (SSSR count). The fourth-order valence-corrected chi connectivity index (χ4v) is 1.25. The van der Waals surface area contributed by atoms with Crippen molar-refractivity contribution in [3.8, 4) is 11.5 Å². The van der Waals surface area contributed by atoms with E-state index in [1.807, 2.05) is 6.92 Å². The fraction of sp³-hybridized carbons (Fsp3) is 0.500. The first-order chi connectivity index (χ1) is 7.67. The number of aliphatic hydroxyl groups excluding tert-OH is 2. The maximum Gasteiger partial charge on any atom is 0.161 e. The highest BCUT2D eigenvalue weighted by Crippen LogP contribution is 2.28. The molecule has 0 radical (unpaired) electrons. The lowest BCUT2D eigenvalue weighted by Gasteiger charge is -2.13. The van der Waals surface area contributed by atoms with Gasteiger partial charge in [-0.1, -0.05) is 6.07 Å². The number of hydrogen-bond donors (Lipinski definition) is 2. The molecule has 1 atom stereocenters. The Labute approximate surface area is 95.4 Å². The van der Waals surface area contributed by atoms with Crippen molar-refractivity contribution in [2.75, 3.05) is 13.2 Å². The molecule has 0 saturated heterocycles. The molecule has 4 nitrogen and oxygen atoms in total. The van der Waals surface area contributed by atoms with E-state index in [0.29, 0.717) is 18.1 Å². The van der Waals surface area contributed by atoms with Crippen molar-refractivity contribution >= 4 is 0 Å². The fourth-order valence-electron chi connectivity index (χ4n) is 1.25. The summed E-state index contributed by atoms with van der Waals surface area (Å²) >= 11 is 0. The number of rotatable bonds is 6. The van der Waals surface area contributed by atoms with Gasteiger partial charge in [-0.15, -0.1) is 0 Å². The molecule has 0 spiro atoms. The van der Waals surface area contributed by atoms with Crippen LogP contribution >= 0.6 is 0 Å². The van der Waals surface area contributed by atoms with Gasteiger partial charge in [-0.3, -0.25) is 0 Å². The van der Waals surface area contributed by atoms with Gasteiger partial charge >= 0.3 is 0 Å². The van der Waals surface area contributed by atoms with Crippen molar-refractivity contribution in [1.29, 1.82) is 0 Å². The van der Waals surface area contributed by atoms with E-state index >= 15 is 0 Å². The average molecular weight is 226 g/mol. The summed E-state index contributed by atoms with van der Waals surface area (Å²) in [5.41, 5.74) is 0.771. The Morgan fingerprint density at radius 1 is 1.25 bits per heavy atom. The van der Waals surface area contributed by atoms with Crippen LogP contribution in [0.1, 0.15) is 19.4 Å². The van der Waals surface area contributed by atoms with Crippen molar-refractivity contribution in [2.45, 2.75) is 26.6 Å². The Balaban J connectivity index is 2.80. The molecule has 2 N–H and O–H groups in total. The maximum absolute atomic E-state index is 9.13. The average Bonchev–Trinajstić information content (AvgIpc) is 2.27. The molecule has 16 heavy (non-hydrogen) atoms. The van der Waals surface area contributed by atoms with Crippen LogP contribution in [0.4, 0.5) is 0 Å². The highest BCUT2D eigenvalue weighted by molar-refractivity contribution is 5.42. The lowest BCUT2D eigenvalue weighted by atomic mass is 10.2. The number of ether oxygens (including phenoxy) is 2. The Morgan fingerprint density at radius 2 is 2.00 bits per heavy atom. The zero-order valence-electron chi connectivity index (χ0n) is 9.64. The summed E-state index contributed by atoms with van der Waals surface area (Å²) in [7, 11) is 0. The molecule has 0 fully saturated rings. The summed E-state index contributed by atoms with van der Waals surface area (Å²) in [4.78, 5) is 0. The van der Waals surface area contributed by atoms with Gasteiger partial charge in [0.15, 0.2) is 11.5 Å². The second-order valence-corrected chi connectivity index (χ2v) is 3.53. The third-order valence-corrected chi connectivity index (χ3v) is 1.97. The SMILES string of the molecule is CCOc1cc(CO)ccc1OCC(C)O. The van der Waals surface area contributed by atoms with Crippen molar-refractivity contribution < 1.29 is 19.7 Å². The Kier molecular flexibility index (Phi) is 5.08. The topological polar surface area (TPSA) is 58.9 Å². The molecule has 90 valence electrons. The molecule has 0 aliphatic heterocycles. The van der Waals surface area contributed by atoms with E-state index in [2.05, 4.69) is 0 Å². The Bertz CT molecular complexity index is 323. The van der Waals surface area contributed by atoms with Gasteiger partial charge in [0.25, 0.3) is 0 Å². The Hall–Kier alpha value is -1.26. The van der Waals surface area contributed by atoms with Crippen LogP contribution in [0.5, 0.6) is 11.5 Å². The smallest absolute Gasteiger partial charge is 0.161 e. The minimum atomic E-state index is -0.521. The molecular formula is C12H18O4. The van der Waals surface area contributed by atoms with Crippen LogP contribution in [-0.2, 0) is 6.61 Å². The van der Waals surface area contributed by atoms with Gasteiger partial charge in [0.1, 0.15) is 6.61 Å². The van der Waals surface area contributed by atoms with Crippen molar-refractivity contribution in [1.82, 2.24) is 0 Å². The van der Waals surface area contributed by atoms with Gasteiger partial charge < -0.3 is 19.7 Å². The maximum atomic E-state index is 9.13. The summed E-state index contributed by atoms with van der Waals surface area (Å²) in [6.45, 7) is 4.25. The summed E-state index contributed by atoms with van der Waals surface area (Å²) in [6.07, 6.45) is -0.521. The summed E-state index contributed by atoms with van der Waals surface area (Å²) < 4.78 is 10.8. The molecule has 0 heterocycles. The van der Waals surface area contributed by atoms with Crippen LogP contribution in [0.3, 0.4) is 0 Å². The molecule has 0 saturated carbocycles. The van der Waals surface area contributed by atoms with Crippen LogP contribution in [-0.4, -0.2) is 29.5 Å². The van der Waals surface area contributed by atoms with E-state index in [-0.39, 0.29) is 13.2 Å². The van der Waals surface area contributed by atoms with Crippen LogP contribution in [0.2, 0.25) is 0 Å². The lowest BCUT2D eigenvalue weighted by Crippen LogP contribution is -2.13. The summed E-state index contributed by atoms with van der Waals surface area (Å²) in [5, 5.41) is 18.1. The molecule has 1 unspecified atom stereocenters. The van der Waals surface area contributed by atoms with Gasteiger partial charge in [-0.2, -0.15) is 0 Å². The molecule has 0 aromatic heterocycles. The standard InChI is InChI=1S/C12H18O4/c1-3-15-12-6-10(7-13)4-5-11(12)16-8-9(2)14/h4-6,9,13-14H,3,7-8H2,1-2H3. The molecule has 0 amide bonds. The molecule has 4 heteroatoms. The first-order valence-corrected chi connectivity index (χ1v) is 5.34. The normalized spacial score (nSPS) is 12.2. The highest BCUT2D eigenvalue weighted by atomic mass is 16.5. The van der Waals surface area contributed by atoms with Crippen molar-refractivity contribution in [3.05, 3.63) is 23.8 Å². The van der Waals surface area contributed by atoms with E-state index in [1.165, 1.54) is 0 Å². The van der Waals surface area contributed by atoms with Gasteiger partial charge in [0.2, 0.25) is 0 Å². The van der Waals surface area contributed by atoms with Gasteiger partial charge in [0, 0.05) is 0 Å². The van der Waals surface area contributed by atoms with Crippen LogP contribution in [0, 0.1) is 0 Å². The zero-order chi connectivity index (χ0) is 12.0. The second-order valence-electron chi connectivity index (χ2n) is 3.53. The third kappa shape index (κ3) is 3.72. The molecule has 1 aromatic rings. The zero-order valence-corrected chi connectivity index (χ0v) is 9.64. The van der Waals surface area contributed by atoms with E-state index in [0.717, 1.165) is 5.56 Å². The largest absolute Gasteiger partial charge is 0.490 e. The molecule has 1 aromatic carbocycles. The molecule has 0 aliphatic rings. The van der Waals surface area contributed by atoms with E-state index in [1.54, 1.807) is 25.1 Å². The van der Waals surface area contributed by atoms with E-state index in [9.17, 15) is 0 Å². The van der Waals surface area contributed by atoms with E-state index in [4.69, 9.17) is 19.7 Å². The molecule has 0 aliphatic carbocycles. The lowest BCUT2D eigenvalue weighted by molar-refractivity contribution is 0.120. The monoisotopic (exact) mass is 226 g/mol.